The molecule has 0 amide bonds. The van der Waals surface area contributed by atoms with Gasteiger partial charge in [0.25, 0.3) is 0 Å². The summed E-state index contributed by atoms with van der Waals surface area (Å²) in [6.45, 7) is 39.6. The van der Waals surface area contributed by atoms with Crippen LogP contribution in [0.3, 0.4) is 0 Å². The maximum atomic E-state index is 11.4. The molecule has 76 heavy (non-hydrogen) atoms. The number of rotatable bonds is 5. The lowest BCUT2D eigenvalue weighted by Crippen LogP contribution is -2.50. The largest absolute Gasteiger partial charge is 0.455 e. The van der Waals surface area contributed by atoms with Crippen molar-refractivity contribution in [3.05, 3.63) is 179 Å². The predicted molar refractivity (Wildman–Crippen MR) is 330 cm³/mol. The van der Waals surface area contributed by atoms with Crippen LogP contribution in [-0.4, -0.2) is 0 Å². The van der Waals surface area contributed by atoms with Gasteiger partial charge in [0.2, 0.25) is 0 Å². The predicted octanol–water partition coefficient (Wildman–Crippen LogP) is 21.5. The SMILES string of the molecule is [2H]c1c([2H])c([2H])c(-c2c([2H])c3c(oc4c([2H])c(N(c5c([2H])c(C)c6c(c5[2H])C(C(C)(C)C)(C(C)(C)C)c5c(C)c(C)c(C)c(C)c5-6)c5c([2H])c(C)c6c(c5C)C(C([2H])([2H])[2H])(C([2H])(C)C)c5c([2H])c(C)c(C)c(C)c5-6)c(C)c(C)c43)c3c(C)c(C)c([2H])c([2H])c23)c([2H])c1[2H]. The molecule has 1 heterocycles. The molecule has 0 saturated heterocycles. The zero-order valence-corrected chi connectivity index (χ0v) is 48.9. The molecule has 0 aliphatic heterocycles. The lowest BCUT2D eigenvalue weighted by Gasteiger charge is -2.54. The van der Waals surface area contributed by atoms with E-state index >= 15 is 0 Å². The van der Waals surface area contributed by atoms with Crippen LogP contribution in [0.15, 0.2) is 83.0 Å². The van der Waals surface area contributed by atoms with Crippen molar-refractivity contribution in [1.29, 1.82) is 0 Å². The summed E-state index contributed by atoms with van der Waals surface area (Å²) >= 11 is 0. The fourth-order valence-electron chi connectivity index (χ4n) is 14.4. The van der Waals surface area contributed by atoms with Crippen molar-refractivity contribution >= 4 is 49.8 Å². The Kier molecular flexibility index (Phi) is 7.77. The summed E-state index contributed by atoms with van der Waals surface area (Å²) in [6, 6.07) is -4.79. The molecule has 0 N–H and O–H groups in total. The lowest BCUT2D eigenvalue weighted by atomic mass is 9.49. The molecular formula is C74H83NO. The summed E-state index contributed by atoms with van der Waals surface area (Å²) < 4.78 is 175. The van der Waals surface area contributed by atoms with E-state index in [1.54, 1.807) is 67.2 Å². The first-order chi connectivity index (χ1) is 42.6. The van der Waals surface area contributed by atoms with Gasteiger partial charge in [0.05, 0.1) is 23.5 Å². The van der Waals surface area contributed by atoms with Crippen LogP contribution in [0.4, 0.5) is 17.1 Å². The Balaban J connectivity index is 1.43. The van der Waals surface area contributed by atoms with E-state index in [9.17, 15) is 19.2 Å². The van der Waals surface area contributed by atoms with Gasteiger partial charge in [-0.05, 0) is 277 Å². The van der Waals surface area contributed by atoms with Crippen LogP contribution in [0, 0.1) is 114 Å². The Morgan fingerprint density at radius 3 is 1.75 bits per heavy atom. The monoisotopic (exact) mass is 1020 g/mol. The van der Waals surface area contributed by atoms with Gasteiger partial charge in [0.1, 0.15) is 11.2 Å². The second-order valence-electron chi connectivity index (χ2n) is 24.8. The van der Waals surface area contributed by atoms with Crippen molar-refractivity contribution < 1.29 is 27.7 Å². The molecule has 1 unspecified atom stereocenters. The molecule has 390 valence electrons. The number of anilines is 3. The Bertz CT molecular complexity index is 4750. The number of aryl methyl sites for hydroxylation is 2. The van der Waals surface area contributed by atoms with Gasteiger partial charge < -0.3 is 9.32 Å². The van der Waals surface area contributed by atoms with Crippen molar-refractivity contribution in [2.24, 2.45) is 16.7 Å². The van der Waals surface area contributed by atoms with Gasteiger partial charge in [-0.3, -0.25) is 0 Å². The smallest absolute Gasteiger partial charge is 0.143 e. The molecule has 8 aromatic carbocycles. The van der Waals surface area contributed by atoms with Crippen LogP contribution in [0.2, 0.25) is 0 Å². The van der Waals surface area contributed by atoms with Crippen molar-refractivity contribution in [3.8, 4) is 33.4 Å². The van der Waals surface area contributed by atoms with Crippen molar-refractivity contribution in [2.45, 2.75) is 170 Å². The first kappa shape index (κ1) is 35.1. The van der Waals surface area contributed by atoms with E-state index in [1.807, 2.05) is 20.8 Å². The summed E-state index contributed by atoms with van der Waals surface area (Å²) in [4.78, 5) is 1.63. The summed E-state index contributed by atoms with van der Waals surface area (Å²) in [5.74, 6) is -1.89. The van der Waals surface area contributed by atoms with Gasteiger partial charge in [0.15, 0.2) is 0 Å². The second-order valence-corrected chi connectivity index (χ2v) is 24.8. The van der Waals surface area contributed by atoms with Crippen LogP contribution in [-0.2, 0) is 10.8 Å². The third-order valence-electron chi connectivity index (χ3n) is 18.7. The van der Waals surface area contributed by atoms with Crippen molar-refractivity contribution in [1.82, 2.24) is 0 Å². The van der Waals surface area contributed by atoms with E-state index in [4.69, 9.17) is 8.53 Å². The summed E-state index contributed by atoms with van der Waals surface area (Å²) in [5, 5.41) is 0.522. The number of benzene rings is 8. The van der Waals surface area contributed by atoms with Gasteiger partial charge in [-0.1, -0.05) is 111 Å². The topological polar surface area (TPSA) is 16.4 Å². The molecule has 9 aromatic rings. The second kappa shape index (κ2) is 16.8. The molecule has 2 nitrogen and oxygen atoms in total. The highest BCUT2D eigenvalue weighted by Crippen LogP contribution is 2.68. The average molecular weight is 1020 g/mol. The molecule has 2 aliphatic rings. The summed E-state index contributed by atoms with van der Waals surface area (Å²) in [7, 11) is 0. The minimum Gasteiger partial charge on any atom is -0.455 e. The molecule has 0 saturated carbocycles. The molecule has 0 bridgehead atoms. The van der Waals surface area contributed by atoms with Crippen LogP contribution in [0.5, 0.6) is 0 Å². The Hall–Kier alpha value is -6.38. The summed E-state index contributed by atoms with van der Waals surface area (Å²) in [6.07, 6.45) is 0. The minimum atomic E-state index is -3.02. The fraction of sp³-hybridized carbons (Fsp3) is 0.378. The van der Waals surface area contributed by atoms with Crippen molar-refractivity contribution in [2.75, 3.05) is 4.90 Å². The normalized spacial score (nSPS) is 19.3. The molecule has 0 radical (unpaired) electrons. The first-order valence-electron chi connectivity index (χ1n) is 35.3. The maximum absolute atomic E-state index is 11.4. The Labute approximate surface area is 479 Å². The van der Waals surface area contributed by atoms with Gasteiger partial charge >= 0.3 is 0 Å². The molecule has 0 fully saturated rings. The highest BCUT2D eigenvalue weighted by atomic mass is 16.3. The van der Waals surface area contributed by atoms with E-state index < -0.39 is 64.6 Å². The average Bonchev–Trinajstić information content (AvgIpc) is 1.53. The quantitative estimate of drug-likeness (QED) is 0.171. The number of nitrogens with zero attached hydrogens (tertiary/aromatic N) is 1. The van der Waals surface area contributed by atoms with E-state index in [-0.39, 0.29) is 126 Å². The summed E-state index contributed by atoms with van der Waals surface area (Å²) in [5.41, 5.74) is 8.72. The zero-order valence-electron chi connectivity index (χ0n) is 65.9. The number of hydrogen-bond donors (Lipinski definition) is 0. The van der Waals surface area contributed by atoms with Crippen LogP contribution < -0.4 is 4.90 Å². The molecule has 1 aromatic heterocycles. The van der Waals surface area contributed by atoms with Gasteiger partial charge in [0, 0.05) is 49.9 Å². The highest BCUT2D eigenvalue weighted by Gasteiger charge is 2.59. The van der Waals surface area contributed by atoms with Gasteiger partial charge in [-0.2, -0.15) is 0 Å². The minimum absolute atomic E-state index is 0.00401. The van der Waals surface area contributed by atoms with Gasteiger partial charge in [-0.15, -0.1) is 0 Å². The van der Waals surface area contributed by atoms with Crippen molar-refractivity contribution in [3.63, 3.8) is 0 Å². The number of fused-ring (bicyclic) bond motifs is 11. The van der Waals surface area contributed by atoms with Crippen LogP contribution >= 0.6 is 0 Å². The van der Waals surface area contributed by atoms with E-state index in [1.165, 1.54) is 0 Å². The Morgan fingerprint density at radius 2 is 1.12 bits per heavy atom. The molecular weight excluding hydrogens is 919 g/mol. The number of furan rings is 1. The zero-order chi connectivity index (χ0) is 69.8. The number of hydrogen-bond acceptors (Lipinski definition) is 2. The Morgan fingerprint density at radius 1 is 0.500 bits per heavy atom. The van der Waals surface area contributed by atoms with E-state index in [2.05, 4.69) is 69.2 Å². The molecule has 0 spiro atoms. The van der Waals surface area contributed by atoms with Gasteiger partial charge in [-0.25, -0.2) is 0 Å². The molecule has 11 rings (SSSR count). The van der Waals surface area contributed by atoms with Crippen LogP contribution in [0.1, 0.15) is 186 Å². The third kappa shape index (κ3) is 6.52. The third-order valence-corrected chi connectivity index (χ3v) is 18.7. The first-order valence-corrected chi connectivity index (χ1v) is 26.8. The molecule has 2 aliphatic carbocycles. The van der Waals surface area contributed by atoms with Crippen LogP contribution in [0.25, 0.3) is 66.1 Å². The van der Waals surface area contributed by atoms with E-state index in [0.717, 1.165) is 44.5 Å². The highest BCUT2D eigenvalue weighted by molar-refractivity contribution is 6.21. The van der Waals surface area contributed by atoms with E-state index in [0.29, 0.717) is 61.2 Å². The maximum Gasteiger partial charge on any atom is 0.143 e. The molecule has 2 heteroatoms. The fourth-order valence-corrected chi connectivity index (χ4v) is 14.4. The lowest BCUT2D eigenvalue weighted by molar-refractivity contribution is 0.0943. The molecule has 1 atom stereocenters. The standard InChI is InChI=1S/C74H83NO/c1-37(2)73(23)57-32-39(4)42(7)47(12)66(57)63-41(6)33-59(51(16)68(63)73)75(53-31-40(5)62-58(34-53)74(71(17,18)19,72(20,21)22)69-50(15)45(10)44(9)48(13)67(62)69)60-36-61-64(49(14)46(60)11)56-35-55(52-27-25-24-26-28-52)54-30-29-38(3)43(8)65(54)70(56)76-61/h24-37H,1-23H3/i23D3,24D,25D,26D,27D,28D,29D,30D,31D,32D,33D,34D,35D,36D,37D.